The molecule has 1 saturated carbocycles. The van der Waals surface area contributed by atoms with E-state index in [0.29, 0.717) is 12.2 Å². The molecule has 1 amide bonds. The maximum atomic E-state index is 12.3. The molecule has 2 aromatic rings. The van der Waals surface area contributed by atoms with Crippen molar-refractivity contribution in [1.29, 1.82) is 0 Å². The lowest BCUT2D eigenvalue weighted by atomic mass is 10.1. The summed E-state index contributed by atoms with van der Waals surface area (Å²) in [5, 5.41) is 13.0. The number of carbonyl (C=O) groups excluding carboxylic acids is 1. The fourth-order valence-corrected chi connectivity index (χ4v) is 2.21. The topological polar surface area (TPSA) is 66.6 Å². The van der Waals surface area contributed by atoms with E-state index in [1.54, 1.807) is 11.0 Å². The van der Waals surface area contributed by atoms with E-state index in [0.717, 1.165) is 18.4 Å². The summed E-state index contributed by atoms with van der Waals surface area (Å²) >= 11 is 0. The predicted octanol–water partition coefficient (Wildman–Crippen LogP) is 1.94. The van der Waals surface area contributed by atoms with E-state index < -0.39 is 0 Å². The molecule has 1 aliphatic rings. The van der Waals surface area contributed by atoms with Crippen molar-refractivity contribution in [3.8, 4) is 11.3 Å². The number of hydrogen-bond acceptors (Lipinski definition) is 4. The SMILES string of the molecule is O=C(c1cc(-c2ccccc2)no1)N(CCO)C1CC1. The van der Waals surface area contributed by atoms with Gasteiger partial charge in [-0.15, -0.1) is 0 Å². The molecule has 0 radical (unpaired) electrons. The molecule has 104 valence electrons. The van der Waals surface area contributed by atoms with Gasteiger partial charge in [-0.1, -0.05) is 35.5 Å². The summed E-state index contributed by atoms with van der Waals surface area (Å²) in [6.45, 7) is 0.298. The Bertz CT molecular complexity index is 590. The first-order valence-corrected chi connectivity index (χ1v) is 6.73. The average molecular weight is 272 g/mol. The van der Waals surface area contributed by atoms with Crippen molar-refractivity contribution in [2.75, 3.05) is 13.2 Å². The summed E-state index contributed by atoms with van der Waals surface area (Å²) in [4.78, 5) is 14.0. The van der Waals surface area contributed by atoms with Crippen LogP contribution < -0.4 is 0 Å². The number of aliphatic hydroxyl groups is 1. The van der Waals surface area contributed by atoms with Crippen molar-refractivity contribution in [1.82, 2.24) is 10.1 Å². The van der Waals surface area contributed by atoms with Gasteiger partial charge in [0, 0.05) is 24.2 Å². The summed E-state index contributed by atoms with van der Waals surface area (Å²) < 4.78 is 5.16. The van der Waals surface area contributed by atoms with Crippen LogP contribution in [0.3, 0.4) is 0 Å². The third-order valence-electron chi connectivity index (χ3n) is 3.38. The van der Waals surface area contributed by atoms with E-state index in [-0.39, 0.29) is 24.3 Å². The minimum atomic E-state index is -0.198. The highest BCUT2D eigenvalue weighted by Gasteiger charge is 2.34. The van der Waals surface area contributed by atoms with Gasteiger partial charge in [-0.2, -0.15) is 0 Å². The monoisotopic (exact) mass is 272 g/mol. The molecule has 1 aromatic carbocycles. The molecule has 5 nitrogen and oxygen atoms in total. The maximum absolute atomic E-state index is 12.3. The summed E-state index contributed by atoms with van der Waals surface area (Å²) in [5.41, 5.74) is 1.56. The Kier molecular flexibility index (Phi) is 3.52. The van der Waals surface area contributed by atoms with Crippen molar-refractivity contribution in [2.45, 2.75) is 18.9 Å². The molecule has 1 aromatic heterocycles. The zero-order valence-electron chi connectivity index (χ0n) is 11.0. The molecule has 1 aliphatic carbocycles. The Balaban J connectivity index is 1.80. The molecule has 0 bridgehead atoms. The van der Waals surface area contributed by atoms with Crippen LogP contribution in [-0.4, -0.2) is 40.3 Å². The van der Waals surface area contributed by atoms with Crippen LogP contribution in [0, 0.1) is 0 Å². The minimum absolute atomic E-state index is 0.0398. The van der Waals surface area contributed by atoms with Crippen LogP contribution in [0.15, 0.2) is 40.9 Å². The van der Waals surface area contributed by atoms with Crippen LogP contribution >= 0.6 is 0 Å². The molecule has 1 N–H and O–H groups in total. The molecule has 0 unspecified atom stereocenters. The Morgan fingerprint density at radius 3 is 2.75 bits per heavy atom. The third-order valence-corrected chi connectivity index (χ3v) is 3.38. The van der Waals surface area contributed by atoms with Crippen molar-refractivity contribution in [3.63, 3.8) is 0 Å². The fraction of sp³-hybridized carbons (Fsp3) is 0.333. The number of aromatic nitrogens is 1. The number of carbonyl (C=O) groups is 1. The summed E-state index contributed by atoms with van der Waals surface area (Å²) in [6.07, 6.45) is 1.98. The molecule has 1 heterocycles. The molecule has 5 heteroatoms. The molecular formula is C15H16N2O3. The number of rotatable bonds is 5. The van der Waals surface area contributed by atoms with Gasteiger partial charge < -0.3 is 14.5 Å². The molecule has 0 atom stereocenters. The smallest absolute Gasteiger partial charge is 0.292 e. The molecule has 0 aliphatic heterocycles. The van der Waals surface area contributed by atoms with Gasteiger partial charge in [0.2, 0.25) is 5.76 Å². The number of nitrogens with zero attached hydrogens (tertiary/aromatic N) is 2. The lowest BCUT2D eigenvalue weighted by molar-refractivity contribution is 0.0666. The van der Waals surface area contributed by atoms with Gasteiger partial charge in [-0.05, 0) is 12.8 Å². The third kappa shape index (κ3) is 2.58. The first kappa shape index (κ1) is 12.9. The molecule has 20 heavy (non-hydrogen) atoms. The van der Waals surface area contributed by atoms with E-state index in [1.807, 2.05) is 30.3 Å². The number of hydrogen-bond donors (Lipinski definition) is 1. The molecular weight excluding hydrogens is 256 g/mol. The molecule has 0 saturated heterocycles. The molecule has 1 fully saturated rings. The summed E-state index contributed by atoms with van der Waals surface area (Å²) in [6, 6.07) is 11.5. The van der Waals surface area contributed by atoms with Crippen LogP contribution in [0.25, 0.3) is 11.3 Å². The van der Waals surface area contributed by atoms with Crippen molar-refractivity contribution in [2.24, 2.45) is 0 Å². The van der Waals surface area contributed by atoms with Crippen molar-refractivity contribution >= 4 is 5.91 Å². The quantitative estimate of drug-likeness (QED) is 0.903. The van der Waals surface area contributed by atoms with E-state index in [1.165, 1.54) is 0 Å². The Morgan fingerprint density at radius 2 is 2.10 bits per heavy atom. The zero-order chi connectivity index (χ0) is 13.9. The second kappa shape index (κ2) is 5.46. The number of benzene rings is 1. The van der Waals surface area contributed by atoms with Crippen LogP contribution in [0.1, 0.15) is 23.4 Å². The first-order valence-electron chi connectivity index (χ1n) is 6.73. The second-order valence-corrected chi connectivity index (χ2v) is 4.90. The van der Waals surface area contributed by atoms with Crippen molar-refractivity contribution in [3.05, 3.63) is 42.2 Å². The first-order chi connectivity index (χ1) is 9.79. The van der Waals surface area contributed by atoms with E-state index in [9.17, 15) is 4.79 Å². The van der Waals surface area contributed by atoms with Crippen molar-refractivity contribution < 1.29 is 14.4 Å². The van der Waals surface area contributed by atoms with Crippen LogP contribution in [0.2, 0.25) is 0 Å². The lowest BCUT2D eigenvalue weighted by Crippen LogP contribution is -2.35. The van der Waals surface area contributed by atoms with E-state index >= 15 is 0 Å². The standard InChI is InChI=1S/C15H16N2O3/c18-9-8-17(12-6-7-12)15(19)14-10-13(16-20-14)11-4-2-1-3-5-11/h1-5,10,12,18H,6-9H2. The van der Waals surface area contributed by atoms with E-state index in [4.69, 9.17) is 9.63 Å². The number of aliphatic hydroxyl groups excluding tert-OH is 1. The minimum Gasteiger partial charge on any atom is -0.395 e. The highest BCUT2D eigenvalue weighted by atomic mass is 16.5. The number of amides is 1. The Morgan fingerprint density at radius 1 is 1.35 bits per heavy atom. The van der Waals surface area contributed by atoms with Gasteiger partial charge in [0.15, 0.2) is 0 Å². The van der Waals surface area contributed by atoms with Gasteiger partial charge in [-0.25, -0.2) is 0 Å². The normalized spacial score (nSPS) is 14.2. The van der Waals surface area contributed by atoms with Gasteiger partial charge in [-0.3, -0.25) is 4.79 Å². The maximum Gasteiger partial charge on any atom is 0.292 e. The summed E-state index contributed by atoms with van der Waals surface area (Å²) in [7, 11) is 0. The van der Waals surface area contributed by atoms with Gasteiger partial charge >= 0.3 is 0 Å². The Labute approximate surface area is 116 Å². The molecule has 0 spiro atoms. The average Bonchev–Trinajstić information content (AvgIpc) is 3.21. The fourth-order valence-electron chi connectivity index (χ4n) is 2.21. The van der Waals surface area contributed by atoms with Crippen LogP contribution in [0.4, 0.5) is 0 Å². The Hall–Kier alpha value is -2.14. The second-order valence-electron chi connectivity index (χ2n) is 4.90. The van der Waals surface area contributed by atoms with Crippen LogP contribution in [-0.2, 0) is 0 Å². The predicted molar refractivity (Wildman–Crippen MR) is 73.1 cm³/mol. The van der Waals surface area contributed by atoms with E-state index in [2.05, 4.69) is 5.16 Å². The van der Waals surface area contributed by atoms with Crippen LogP contribution in [0.5, 0.6) is 0 Å². The zero-order valence-corrected chi connectivity index (χ0v) is 11.0. The highest BCUT2D eigenvalue weighted by Crippen LogP contribution is 2.28. The largest absolute Gasteiger partial charge is 0.395 e. The van der Waals surface area contributed by atoms with Gasteiger partial charge in [0.1, 0.15) is 5.69 Å². The van der Waals surface area contributed by atoms with Gasteiger partial charge in [0.05, 0.1) is 6.61 Å². The molecule has 3 rings (SSSR count). The highest BCUT2D eigenvalue weighted by molar-refractivity contribution is 5.92. The lowest BCUT2D eigenvalue weighted by Gasteiger charge is -2.19. The summed E-state index contributed by atoms with van der Waals surface area (Å²) in [5.74, 6) is 0.0282. The van der Waals surface area contributed by atoms with Gasteiger partial charge in [0.25, 0.3) is 5.91 Å².